The number of nitrogens with zero attached hydrogens (tertiary/aromatic N) is 2. The Morgan fingerprint density at radius 2 is 2.00 bits per heavy atom. The molecule has 1 aromatic carbocycles. The van der Waals surface area contributed by atoms with E-state index in [1.54, 1.807) is 4.90 Å². The van der Waals surface area contributed by atoms with E-state index < -0.39 is 4.92 Å². The number of nitro groups is 1. The van der Waals surface area contributed by atoms with Gasteiger partial charge in [-0.1, -0.05) is 30.1 Å². The molecule has 0 N–H and O–H groups in total. The van der Waals surface area contributed by atoms with Crippen LogP contribution in [-0.4, -0.2) is 28.3 Å². The molecule has 1 aromatic rings. The lowest BCUT2D eigenvalue weighted by atomic mass is 9.94. The minimum absolute atomic E-state index is 0.0203. The number of benzene rings is 1. The van der Waals surface area contributed by atoms with Crippen molar-refractivity contribution in [2.75, 3.05) is 6.54 Å². The van der Waals surface area contributed by atoms with E-state index in [1.165, 1.54) is 12.1 Å². The molecule has 5 nitrogen and oxygen atoms in total. The summed E-state index contributed by atoms with van der Waals surface area (Å²) in [5, 5.41) is 10.9. The van der Waals surface area contributed by atoms with Crippen LogP contribution in [0.3, 0.4) is 0 Å². The van der Waals surface area contributed by atoms with Gasteiger partial charge in [-0.05, 0) is 31.7 Å². The second-order valence-electron chi connectivity index (χ2n) is 5.54. The Morgan fingerprint density at radius 1 is 1.33 bits per heavy atom. The molecule has 2 atom stereocenters. The molecule has 0 radical (unpaired) electrons. The molecule has 1 aliphatic heterocycles. The topological polar surface area (TPSA) is 63.5 Å². The molecule has 21 heavy (non-hydrogen) atoms. The standard InChI is InChI=1S/C14H16Cl2N2O3/c1-8-3-4-9(2)17(7-8)14(19)10-5-11(15)13(16)12(6-10)18(20)21/h5-6,8-9H,3-4,7H2,1-2H3. The number of carbonyl (C=O) groups is 1. The van der Waals surface area contributed by atoms with Crippen LogP contribution in [0, 0.1) is 16.0 Å². The van der Waals surface area contributed by atoms with E-state index in [0.29, 0.717) is 12.5 Å². The molecule has 1 amide bonds. The van der Waals surface area contributed by atoms with E-state index >= 15 is 0 Å². The molecule has 114 valence electrons. The largest absolute Gasteiger partial charge is 0.336 e. The summed E-state index contributed by atoms with van der Waals surface area (Å²) in [6, 6.07) is 2.70. The van der Waals surface area contributed by atoms with E-state index in [-0.39, 0.29) is 33.2 Å². The number of halogens is 2. The van der Waals surface area contributed by atoms with Crippen molar-refractivity contribution in [2.45, 2.75) is 32.7 Å². The molecule has 1 saturated heterocycles. The van der Waals surface area contributed by atoms with Crippen molar-refractivity contribution >= 4 is 34.8 Å². The molecule has 0 bridgehead atoms. The van der Waals surface area contributed by atoms with Crippen molar-refractivity contribution in [2.24, 2.45) is 5.92 Å². The first-order valence-corrected chi connectivity index (χ1v) is 7.51. The number of rotatable bonds is 2. The van der Waals surface area contributed by atoms with Gasteiger partial charge < -0.3 is 4.90 Å². The maximum absolute atomic E-state index is 12.6. The quantitative estimate of drug-likeness (QED) is 0.604. The fourth-order valence-corrected chi connectivity index (χ4v) is 2.96. The van der Waals surface area contributed by atoms with Crippen molar-refractivity contribution < 1.29 is 9.72 Å². The lowest BCUT2D eigenvalue weighted by molar-refractivity contribution is -0.384. The van der Waals surface area contributed by atoms with Crippen LogP contribution >= 0.6 is 23.2 Å². The van der Waals surface area contributed by atoms with Gasteiger partial charge in [0.2, 0.25) is 0 Å². The van der Waals surface area contributed by atoms with Crippen LogP contribution in [0.25, 0.3) is 0 Å². The van der Waals surface area contributed by atoms with Crippen molar-refractivity contribution in [1.82, 2.24) is 4.90 Å². The van der Waals surface area contributed by atoms with E-state index in [4.69, 9.17) is 23.2 Å². The summed E-state index contributed by atoms with van der Waals surface area (Å²) in [5.74, 6) is 0.179. The van der Waals surface area contributed by atoms with Gasteiger partial charge in [0.15, 0.2) is 0 Å². The molecule has 1 aliphatic rings. The predicted molar refractivity (Wildman–Crippen MR) is 82.0 cm³/mol. The number of piperidine rings is 1. The van der Waals surface area contributed by atoms with Gasteiger partial charge >= 0.3 is 0 Å². The molecule has 7 heteroatoms. The van der Waals surface area contributed by atoms with Crippen LogP contribution in [0.1, 0.15) is 37.0 Å². The molecular weight excluding hydrogens is 315 g/mol. The second-order valence-corrected chi connectivity index (χ2v) is 6.32. The maximum Gasteiger partial charge on any atom is 0.290 e. The van der Waals surface area contributed by atoms with Gasteiger partial charge in [-0.2, -0.15) is 0 Å². The van der Waals surface area contributed by atoms with Gasteiger partial charge in [0.25, 0.3) is 11.6 Å². The molecule has 0 spiro atoms. The SMILES string of the molecule is CC1CCC(C)N(C(=O)c2cc(Cl)c(Cl)c([N+](=O)[O-])c2)C1. The van der Waals surface area contributed by atoms with Gasteiger partial charge in [-0.3, -0.25) is 14.9 Å². The maximum atomic E-state index is 12.6. The first kappa shape index (κ1) is 16.0. The first-order valence-electron chi connectivity index (χ1n) is 6.75. The molecule has 2 unspecified atom stereocenters. The summed E-state index contributed by atoms with van der Waals surface area (Å²) >= 11 is 11.7. The van der Waals surface area contributed by atoms with Crippen LogP contribution in [0.15, 0.2) is 12.1 Å². The highest BCUT2D eigenvalue weighted by Crippen LogP contribution is 2.34. The summed E-state index contributed by atoms with van der Waals surface area (Å²) in [6.07, 6.45) is 2.00. The molecule has 1 fully saturated rings. The van der Waals surface area contributed by atoms with Crippen molar-refractivity contribution in [3.63, 3.8) is 0 Å². The van der Waals surface area contributed by atoms with Crippen LogP contribution in [0.4, 0.5) is 5.69 Å². The summed E-state index contributed by atoms with van der Waals surface area (Å²) in [7, 11) is 0. The molecule has 0 aromatic heterocycles. The summed E-state index contributed by atoms with van der Waals surface area (Å²) < 4.78 is 0. The third kappa shape index (κ3) is 3.30. The van der Waals surface area contributed by atoms with Crippen LogP contribution in [0.2, 0.25) is 10.0 Å². The lowest BCUT2D eigenvalue weighted by Crippen LogP contribution is -2.44. The highest BCUT2D eigenvalue weighted by molar-refractivity contribution is 6.43. The Hall–Kier alpha value is -1.33. The van der Waals surface area contributed by atoms with Crippen LogP contribution in [-0.2, 0) is 0 Å². The lowest BCUT2D eigenvalue weighted by Gasteiger charge is -2.36. The highest BCUT2D eigenvalue weighted by atomic mass is 35.5. The Balaban J connectivity index is 2.37. The Kier molecular flexibility index (Phi) is 4.74. The van der Waals surface area contributed by atoms with E-state index in [9.17, 15) is 14.9 Å². The van der Waals surface area contributed by atoms with Crippen molar-refractivity contribution in [1.29, 1.82) is 0 Å². The van der Waals surface area contributed by atoms with Gasteiger partial charge in [0, 0.05) is 24.2 Å². The van der Waals surface area contributed by atoms with Crippen molar-refractivity contribution in [3.05, 3.63) is 37.9 Å². The molecule has 1 heterocycles. The smallest absolute Gasteiger partial charge is 0.290 e. The van der Waals surface area contributed by atoms with Crippen molar-refractivity contribution in [3.8, 4) is 0 Å². The number of hydrogen-bond donors (Lipinski definition) is 0. The average Bonchev–Trinajstić information content (AvgIpc) is 2.43. The molecule has 0 saturated carbocycles. The third-order valence-corrected chi connectivity index (χ3v) is 4.62. The third-order valence-electron chi connectivity index (χ3n) is 3.83. The number of carbonyl (C=O) groups excluding carboxylic acids is 1. The zero-order valence-corrected chi connectivity index (χ0v) is 13.3. The van der Waals surface area contributed by atoms with Gasteiger partial charge in [-0.25, -0.2) is 0 Å². The number of likely N-dealkylation sites (tertiary alicyclic amines) is 1. The summed E-state index contributed by atoms with van der Waals surface area (Å²) in [4.78, 5) is 24.7. The van der Waals surface area contributed by atoms with Crippen LogP contribution in [0.5, 0.6) is 0 Å². The molecule has 2 rings (SSSR count). The average molecular weight is 331 g/mol. The monoisotopic (exact) mass is 330 g/mol. The zero-order chi connectivity index (χ0) is 15.7. The van der Waals surface area contributed by atoms with Gasteiger partial charge in [0.1, 0.15) is 5.02 Å². The normalized spacial score (nSPS) is 22.2. The Morgan fingerprint density at radius 3 is 2.62 bits per heavy atom. The Labute approximate surface area is 133 Å². The van der Waals surface area contributed by atoms with E-state index in [0.717, 1.165) is 12.8 Å². The highest BCUT2D eigenvalue weighted by Gasteiger charge is 2.29. The van der Waals surface area contributed by atoms with E-state index in [2.05, 4.69) is 6.92 Å². The summed E-state index contributed by atoms with van der Waals surface area (Å²) in [6.45, 7) is 4.72. The number of nitro benzene ring substituents is 1. The van der Waals surface area contributed by atoms with Crippen LogP contribution < -0.4 is 0 Å². The fourth-order valence-electron chi connectivity index (χ4n) is 2.57. The molecule has 0 aliphatic carbocycles. The predicted octanol–water partition coefficient (Wildman–Crippen LogP) is 4.16. The first-order chi connectivity index (χ1) is 9.81. The minimum atomic E-state index is -0.632. The summed E-state index contributed by atoms with van der Waals surface area (Å²) in [5.41, 5.74) is -0.137. The second kappa shape index (κ2) is 6.20. The van der Waals surface area contributed by atoms with E-state index in [1.807, 2.05) is 6.92 Å². The Bertz CT molecular complexity index is 592. The minimum Gasteiger partial charge on any atom is -0.336 e. The molecular formula is C14H16Cl2N2O3. The number of hydrogen-bond acceptors (Lipinski definition) is 3. The zero-order valence-electron chi connectivity index (χ0n) is 11.8. The van der Waals surface area contributed by atoms with Gasteiger partial charge in [0.05, 0.1) is 9.95 Å². The van der Waals surface area contributed by atoms with Gasteiger partial charge in [-0.15, -0.1) is 0 Å². The number of amides is 1. The fraction of sp³-hybridized carbons (Fsp3) is 0.500.